The molecule has 0 aliphatic rings. The molecule has 0 fully saturated rings. The Bertz CT molecular complexity index is 1100. The Labute approximate surface area is 200 Å². The molecule has 1 atom stereocenters. The number of halogens is 5. The molecule has 3 aromatic rings. The van der Waals surface area contributed by atoms with Crippen molar-refractivity contribution in [1.29, 1.82) is 0 Å². The van der Waals surface area contributed by atoms with Gasteiger partial charge in [0.15, 0.2) is 0 Å². The topological polar surface area (TPSA) is 66.8 Å². The van der Waals surface area contributed by atoms with Gasteiger partial charge in [-0.15, -0.1) is 0 Å². The zero-order valence-electron chi connectivity index (χ0n) is 19.3. The van der Waals surface area contributed by atoms with Crippen LogP contribution < -0.4 is 16.0 Å². The predicted molar refractivity (Wildman–Crippen MR) is 127 cm³/mol. The van der Waals surface area contributed by atoms with E-state index in [2.05, 4.69) is 39.2 Å². The molecule has 1 aromatic carbocycles. The van der Waals surface area contributed by atoms with Crippen LogP contribution in [0, 0.1) is 0 Å². The summed E-state index contributed by atoms with van der Waals surface area (Å²) in [6.45, 7) is 5.35. The quantitative estimate of drug-likeness (QED) is 0.266. The van der Waals surface area contributed by atoms with Gasteiger partial charge >= 0.3 is 12.7 Å². The Morgan fingerprint density at radius 1 is 1.14 bits per heavy atom. The summed E-state index contributed by atoms with van der Waals surface area (Å²) in [5, 5.41) is 13.2. The number of aromatic nitrogens is 3. The van der Waals surface area contributed by atoms with Gasteiger partial charge in [-0.3, -0.25) is 0 Å². The van der Waals surface area contributed by atoms with Crippen LogP contribution in [0.2, 0.25) is 0 Å². The molecule has 11 heteroatoms. The molecule has 0 aliphatic carbocycles. The van der Waals surface area contributed by atoms with Crippen molar-refractivity contribution in [2.24, 2.45) is 0 Å². The number of nitrogens with one attached hydrogen (secondary N) is 3. The fourth-order valence-electron chi connectivity index (χ4n) is 3.14. The number of alkyl halides is 5. The van der Waals surface area contributed by atoms with Crippen LogP contribution in [0.15, 0.2) is 79.9 Å². The van der Waals surface area contributed by atoms with Crippen LogP contribution >= 0.6 is 0 Å². The second-order valence-corrected chi connectivity index (χ2v) is 7.17. The number of benzene rings is 1. The number of hydrogen-bond acceptors (Lipinski definition) is 5. The summed E-state index contributed by atoms with van der Waals surface area (Å²) < 4.78 is 61.7. The highest BCUT2D eigenvalue weighted by Gasteiger charge is 2.29. The minimum atomic E-state index is -4.21. The highest BCUT2D eigenvalue weighted by atomic mass is 19.4. The van der Waals surface area contributed by atoms with Crippen molar-refractivity contribution >= 4 is 5.82 Å². The highest BCUT2D eigenvalue weighted by molar-refractivity contribution is 5.72. The number of pyridine rings is 1. The largest absolute Gasteiger partial charge is 0.416 e. The van der Waals surface area contributed by atoms with E-state index in [1.807, 2.05) is 7.05 Å². The lowest BCUT2D eigenvalue weighted by atomic mass is 9.97. The van der Waals surface area contributed by atoms with E-state index in [-0.39, 0.29) is 6.04 Å². The fraction of sp³-hybridized carbons (Fsp3) is 0.250. The molecule has 0 saturated carbocycles. The number of nitrogens with zero attached hydrogens (tertiary/aromatic N) is 3. The van der Waals surface area contributed by atoms with E-state index in [0.717, 1.165) is 23.3 Å². The molecule has 2 aromatic heterocycles. The zero-order chi connectivity index (χ0) is 26.0. The molecular formula is C24H27F5N6. The maximum atomic E-state index is 12.8. The fourth-order valence-corrected chi connectivity index (χ4v) is 3.14. The minimum absolute atomic E-state index is 0.141. The molecule has 3 rings (SSSR count). The molecule has 0 amide bonds. The van der Waals surface area contributed by atoms with E-state index in [1.54, 1.807) is 31.5 Å². The van der Waals surface area contributed by atoms with Gasteiger partial charge in [0.1, 0.15) is 5.82 Å². The van der Waals surface area contributed by atoms with Gasteiger partial charge in [0.2, 0.25) is 0 Å². The smallest absolute Gasteiger partial charge is 0.384 e. The van der Waals surface area contributed by atoms with Crippen LogP contribution in [-0.4, -0.2) is 35.4 Å². The first-order chi connectivity index (χ1) is 16.6. The average Bonchev–Trinajstić information content (AvgIpc) is 3.35. The van der Waals surface area contributed by atoms with Crippen LogP contribution in [0.5, 0.6) is 0 Å². The summed E-state index contributed by atoms with van der Waals surface area (Å²) in [4.78, 5) is 4.34. The molecule has 0 saturated heterocycles. The standard InChI is InChI=1S/C17H22F2N6.C7H5F3/c1-5-11(2)23-9-14(20-3)15-13(6-7-22-16(15)21-4)12-8-24-25(10-12)17(18)19;8-7(9,10)6-4-2-1-3-5-6/h5-8,10,14,17,20,23H,1-2,9H2,3-4H3,(H,21,22);1-5H. The zero-order valence-corrected chi connectivity index (χ0v) is 19.3. The lowest BCUT2D eigenvalue weighted by Gasteiger charge is -2.23. The molecule has 188 valence electrons. The molecule has 0 radical (unpaired) electrons. The monoisotopic (exact) mass is 494 g/mol. The van der Waals surface area contributed by atoms with Gasteiger partial charge in [-0.1, -0.05) is 43.5 Å². The van der Waals surface area contributed by atoms with Gasteiger partial charge in [0.05, 0.1) is 17.8 Å². The van der Waals surface area contributed by atoms with E-state index in [4.69, 9.17) is 0 Å². The third kappa shape index (κ3) is 7.64. The van der Waals surface area contributed by atoms with Crippen molar-refractivity contribution < 1.29 is 22.0 Å². The van der Waals surface area contributed by atoms with Gasteiger partial charge in [-0.25, -0.2) is 9.67 Å². The van der Waals surface area contributed by atoms with E-state index >= 15 is 0 Å². The first kappa shape index (κ1) is 27.5. The van der Waals surface area contributed by atoms with E-state index in [1.165, 1.54) is 24.5 Å². The Kier molecular flexibility index (Phi) is 9.95. The molecule has 2 heterocycles. The van der Waals surface area contributed by atoms with Gasteiger partial charge in [0, 0.05) is 42.8 Å². The van der Waals surface area contributed by atoms with Gasteiger partial charge in [0.25, 0.3) is 0 Å². The number of hydrogen-bond donors (Lipinski definition) is 3. The van der Waals surface area contributed by atoms with Crippen molar-refractivity contribution in [3.63, 3.8) is 0 Å². The van der Waals surface area contributed by atoms with Crippen LogP contribution in [0.25, 0.3) is 11.1 Å². The van der Waals surface area contributed by atoms with Gasteiger partial charge < -0.3 is 16.0 Å². The van der Waals surface area contributed by atoms with Crippen molar-refractivity contribution in [3.8, 4) is 11.1 Å². The summed E-state index contributed by atoms with van der Waals surface area (Å²) in [5.74, 6) is 0.660. The Morgan fingerprint density at radius 3 is 2.31 bits per heavy atom. The van der Waals surface area contributed by atoms with E-state index in [9.17, 15) is 22.0 Å². The van der Waals surface area contributed by atoms with Crippen LogP contribution in [0.4, 0.5) is 27.8 Å². The molecule has 0 aliphatic heterocycles. The molecule has 6 nitrogen and oxygen atoms in total. The SMILES string of the molecule is C=CC(=C)NCC(NC)c1c(-c2cnn(C(F)F)c2)ccnc1NC.FC(F)(F)c1ccccc1. The number of rotatable bonds is 9. The van der Waals surface area contributed by atoms with Gasteiger partial charge in [-0.05, 0) is 24.8 Å². The third-order valence-corrected chi connectivity index (χ3v) is 4.92. The van der Waals surface area contributed by atoms with Crippen LogP contribution in [-0.2, 0) is 6.18 Å². The second-order valence-electron chi connectivity index (χ2n) is 7.17. The molecule has 0 bridgehead atoms. The number of anilines is 1. The maximum absolute atomic E-state index is 12.8. The second kappa shape index (κ2) is 12.7. The maximum Gasteiger partial charge on any atom is 0.416 e. The average molecular weight is 495 g/mol. The molecule has 0 spiro atoms. The lowest BCUT2D eigenvalue weighted by Crippen LogP contribution is -2.29. The van der Waals surface area contributed by atoms with Crippen LogP contribution in [0.1, 0.15) is 23.7 Å². The van der Waals surface area contributed by atoms with Crippen LogP contribution in [0.3, 0.4) is 0 Å². The number of allylic oxidation sites excluding steroid dienone is 1. The third-order valence-electron chi connectivity index (χ3n) is 4.92. The Morgan fingerprint density at radius 2 is 1.83 bits per heavy atom. The molecular weight excluding hydrogens is 467 g/mol. The lowest BCUT2D eigenvalue weighted by molar-refractivity contribution is -0.137. The Hall–Kier alpha value is -3.73. The summed E-state index contributed by atoms with van der Waals surface area (Å²) >= 11 is 0. The van der Waals surface area contributed by atoms with Crippen molar-refractivity contribution in [2.75, 3.05) is 26.0 Å². The molecule has 3 N–H and O–H groups in total. The highest BCUT2D eigenvalue weighted by Crippen LogP contribution is 2.33. The van der Waals surface area contributed by atoms with Crippen molar-refractivity contribution in [2.45, 2.75) is 18.8 Å². The Balaban J connectivity index is 0.000000360. The van der Waals surface area contributed by atoms with Crippen molar-refractivity contribution in [1.82, 2.24) is 25.4 Å². The molecule has 35 heavy (non-hydrogen) atoms. The summed E-state index contributed by atoms with van der Waals surface area (Å²) in [7, 11) is 3.59. The van der Waals surface area contributed by atoms with E-state index in [0.29, 0.717) is 28.3 Å². The van der Waals surface area contributed by atoms with E-state index < -0.39 is 18.3 Å². The van der Waals surface area contributed by atoms with Gasteiger partial charge in [-0.2, -0.15) is 27.1 Å². The first-order valence-electron chi connectivity index (χ1n) is 10.5. The molecule has 1 unspecified atom stereocenters. The normalized spacial score (nSPS) is 11.9. The summed E-state index contributed by atoms with van der Waals surface area (Å²) in [6.07, 6.45) is 1.80. The summed E-state index contributed by atoms with van der Waals surface area (Å²) in [6, 6.07) is 8.01. The van der Waals surface area contributed by atoms with Crippen molar-refractivity contribution in [3.05, 3.63) is 91.0 Å². The predicted octanol–water partition coefficient (Wildman–Crippen LogP) is 5.64. The summed E-state index contributed by atoms with van der Waals surface area (Å²) in [5.41, 5.74) is 2.32. The first-order valence-corrected chi connectivity index (χ1v) is 10.5. The minimum Gasteiger partial charge on any atom is -0.384 e. The number of likely N-dealkylation sites (N-methyl/N-ethyl adjacent to an activating group) is 1.